The van der Waals surface area contributed by atoms with Crippen LogP contribution in [0.2, 0.25) is 0 Å². The van der Waals surface area contributed by atoms with Crippen LogP contribution in [0.25, 0.3) is 0 Å². The van der Waals surface area contributed by atoms with Crippen LogP contribution in [0, 0.1) is 23.0 Å². The Hall–Kier alpha value is -2.08. The normalized spacial score (nSPS) is 21.6. The van der Waals surface area contributed by atoms with Gasteiger partial charge in [-0.15, -0.1) is 0 Å². The highest BCUT2D eigenvalue weighted by molar-refractivity contribution is 7.89. The van der Waals surface area contributed by atoms with Gasteiger partial charge in [-0.25, -0.2) is 18.7 Å². The Bertz CT molecular complexity index is 860. The molecule has 2 heterocycles. The summed E-state index contributed by atoms with van der Waals surface area (Å²) in [6, 6.07) is 3.79. The molecule has 10 nitrogen and oxygen atoms in total. The molecule has 3 rings (SSSR count). The van der Waals surface area contributed by atoms with Crippen LogP contribution < -0.4 is 5.48 Å². The van der Waals surface area contributed by atoms with Gasteiger partial charge in [0.2, 0.25) is 15.9 Å². The monoisotopic (exact) mass is 427 g/mol. The topological polar surface area (TPSA) is 128 Å². The van der Waals surface area contributed by atoms with Gasteiger partial charge in [0.1, 0.15) is 0 Å². The van der Waals surface area contributed by atoms with E-state index in [2.05, 4.69) is 5.48 Å². The van der Waals surface area contributed by atoms with Crippen LogP contribution >= 0.6 is 0 Å². The number of carbonyl (C=O) groups is 1. The van der Waals surface area contributed by atoms with Crippen LogP contribution in [-0.2, 0) is 24.4 Å². The van der Waals surface area contributed by atoms with Crippen LogP contribution in [0.4, 0.5) is 5.69 Å². The first kappa shape index (κ1) is 21.6. The maximum absolute atomic E-state index is 13.0. The van der Waals surface area contributed by atoms with Gasteiger partial charge in [-0.3, -0.25) is 14.9 Å². The van der Waals surface area contributed by atoms with Gasteiger partial charge in [-0.2, -0.15) is 4.31 Å². The van der Waals surface area contributed by atoms with Gasteiger partial charge in [-0.05, 0) is 38.2 Å². The molecule has 0 aromatic heterocycles. The van der Waals surface area contributed by atoms with E-state index in [1.165, 1.54) is 16.4 Å². The lowest BCUT2D eigenvalue weighted by Gasteiger charge is -2.31. The summed E-state index contributed by atoms with van der Waals surface area (Å²) < 4.78 is 32.6. The zero-order valence-corrected chi connectivity index (χ0v) is 17.0. The minimum Gasteiger partial charge on any atom is -0.350 e. The van der Waals surface area contributed by atoms with Crippen molar-refractivity contribution in [3.8, 4) is 0 Å². The first-order valence-electron chi connectivity index (χ1n) is 9.61. The molecule has 0 aliphatic carbocycles. The van der Waals surface area contributed by atoms with Gasteiger partial charge in [-0.1, -0.05) is 6.07 Å². The third-order valence-corrected chi connectivity index (χ3v) is 7.29. The van der Waals surface area contributed by atoms with Crippen molar-refractivity contribution in [3.63, 3.8) is 0 Å². The molecule has 1 atom stereocenters. The van der Waals surface area contributed by atoms with Crippen molar-refractivity contribution in [1.82, 2.24) is 9.79 Å². The van der Waals surface area contributed by atoms with E-state index in [-0.39, 0.29) is 35.5 Å². The quantitative estimate of drug-likeness (QED) is 0.542. The van der Waals surface area contributed by atoms with Gasteiger partial charge in [0.05, 0.1) is 9.82 Å². The number of non-ortho nitro benzene ring substituents is 1. The summed E-state index contributed by atoms with van der Waals surface area (Å²) in [5.41, 5.74) is 2.60. The van der Waals surface area contributed by atoms with Crippen molar-refractivity contribution in [1.29, 1.82) is 0 Å². The van der Waals surface area contributed by atoms with E-state index >= 15 is 0 Å². The second kappa shape index (κ2) is 9.16. The Kier molecular flexibility index (Phi) is 6.83. The second-order valence-electron chi connectivity index (χ2n) is 7.27. The maximum Gasteiger partial charge on any atom is 0.270 e. The Morgan fingerprint density at radius 2 is 2.00 bits per heavy atom. The van der Waals surface area contributed by atoms with E-state index in [0.717, 1.165) is 25.3 Å². The molecule has 2 saturated heterocycles. The predicted octanol–water partition coefficient (Wildman–Crippen LogP) is 1.88. The first-order valence-corrected chi connectivity index (χ1v) is 11.1. The summed E-state index contributed by atoms with van der Waals surface area (Å²) in [7, 11) is -3.88. The average molecular weight is 427 g/mol. The van der Waals surface area contributed by atoms with Gasteiger partial charge in [0, 0.05) is 44.2 Å². The fraction of sp³-hybridized carbons (Fsp3) is 0.611. The first-order chi connectivity index (χ1) is 13.8. The summed E-state index contributed by atoms with van der Waals surface area (Å²) in [6.07, 6.45) is 2.92. The zero-order chi connectivity index (χ0) is 21.0. The SMILES string of the molecule is Cc1ccc([N+](=O)[O-])cc1S(=O)(=O)N1CCC(C(=O)NOC2CCCCO2)CC1. The average Bonchev–Trinajstić information content (AvgIpc) is 2.73. The van der Waals surface area contributed by atoms with Crippen molar-refractivity contribution >= 4 is 21.6 Å². The number of nitrogens with one attached hydrogen (secondary N) is 1. The van der Waals surface area contributed by atoms with Gasteiger partial charge < -0.3 is 4.74 Å². The number of hydrogen-bond acceptors (Lipinski definition) is 7. The van der Waals surface area contributed by atoms with Crippen molar-refractivity contribution < 1.29 is 27.7 Å². The molecular weight excluding hydrogens is 402 g/mol. The number of amides is 1. The van der Waals surface area contributed by atoms with Crippen molar-refractivity contribution in [2.75, 3.05) is 19.7 Å². The molecule has 0 spiro atoms. The fourth-order valence-corrected chi connectivity index (χ4v) is 5.20. The minimum absolute atomic E-state index is 0.0765. The second-order valence-corrected chi connectivity index (χ2v) is 9.17. The van der Waals surface area contributed by atoms with Crippen molar-refractivity contribution in [3.05, 3.63) is 33.9 Å². The largest absolute Gasteiger partial charge is 0.350 e. The molecule has 1 aromatic rings. The van der Waals surface area contributed by atoms with Crippen molar-refractivity contribution in [2.24, 2.45) is 5.92 Å². The lowest BCUT2D eigenvalue weighted by atomic mass is 9.98. The highest BCUT2D eigenvalue weighted by Gasteiger charge is 2.34. The smallest absolute Gasteiger partial charge is 0.270 e. The number of ether oxygens (including phenoxy) is 1. The van der Waals surface area contributed by atoms with Crippen LogP contribution in [-0.4, -0.2) is 49.5 Å². The highest BCUT2D eigenvalue weighted by atomic mass is 32.2. The van der Waals surface area contributed by atoms with Gasteiger partial charge >= 0.3 is 0 Å². The third kappa shape index (κ3) is 5.10. The number of rotatable bonds is 6. The van der Waals surface area contributed by atoms with E-state index in [1.807, 2.05) is 0 Å². The Labute approximate surface area is 169 Å². The van der Waals surface area contributed by atoms with Crippen LogP contribution in [0.1, 0.15) is 37.7 Å². The number of benzene rings is 1. The molecule has 11 heteroatoms. The molecule has 160 valence electrons. The number of nitrogens with zero attached hydrogens (tertiary/aromatic N) is 2. The summed E-state index contributed by atoms with van der Waals surface area (Å²) in [6.45, 7) is 2.51. The molecule has 29 heavy (non-hydrogen) atoms. The molecule has 2 fully saturated rings. The third-order valence-electron chi connectivity index (χ3n) is 5.25. The lowest BCUT2D eigenvalue weighted by Crippen LogP contribution is -2.44. The summed E-state index contributed by atoms with van der Waals surface area (Å²) in [5.74, 6) is -0.654. The molecule has 0 radical (unpaired) electrons. The van der Waals surface area contributed by atoms with Gasteiger partial charge in [0.15, 0.2) is 6.29 Å². The van der Waals surface area contributed by atoms with Crippen LogP contribution in [0.15, 0.2) is 23.1 Å². The number of nitro benzene ring substituents is 1. The maximum atomic E-state index is 13.0. The highest BCUT2D eigenvalue weighted by Crippen LogP contribution is 2.28. The summed E-state index contributed by atoms with van der Waals surface area (Å²) >= 11 is 0. The predicted molar refractivity (Wildman–Crippen MR) is 102 cm³/mol. The van der Waals surface area contributed by atoms with Crippen LogP contribution in [0.5, 0.6) is 0 Å². The Morgan fingerprint density at radius 1 is 1.28 bits per heavy atom. The van der Waals surface area contributed by atoms with E-state index in [1.54, 1.807) is 6.92 Å². The zero-order valence-electron chi connectivity index (χ0n) is 16.2. The number of aryl methyl sites for hydroxylation is 1. The van der Waals surface area contributed by atoms with E-state index in [9.17, 15) is 23.3 Å². The molecule has 1 unspecified atom stereocenters. The number of piperidine rings is 1. The van der Waals surface area contributed by atoms with E-state index in [0.29, 0.717) is 25.0 Å². The molecule has 2 aliphatic rings. The Balaban J connectivity index is 1.59. The summed E-state index contributed by atoms with van der Waals surface area (Å²) in [5, 5.41) is 11.0. The minimum atomic E-state index is -3.88. The molecule has 1 amide bonds. The van der Waals surface area contributed by atoms with E-state index < -0.39 is 21.2 Å². The van der Waals surface area contributed by atoms with E-state index in [4.69, 9.17) is 9.57 Å². The lowest BCUT2D eigenvalue weighted by molar-refractivity contribution is -0.385. The van der Waals surface area contributed by atoms with Gasteiger partial charge in [0.25, 0.3) is 5.69 Å². The standard InChI is InChI=1S/C18H25N3O7S/c1-13-5-6-15(21(23)24)12-16(13)29(25,26)20-9-7-14(8-10-20)18(22)19-28-17-4-2-3-11-27-17/h5-6,12,14,17H,2-4,7-11H2,1H3,(H,19,22). The fourth-order valence-electron chi connectivity index (χ4n) is 3.49. The number of nitro groups is 1. The molecule has 1 aromatic carbocycles. The van der Waals surface area contributed by atoms with Crippen LogP contribution in [0.3, 0.4) is 0 Å². The number of hydrogen-bond donors (Lipinski definition) is 1. The number of carbonyl (C=O) groups excluding carboxylic acids is 1. The molecule has 0 bridgehead atoms. The number of hydroxylamine groups is 1. The molecular formula is C18H25N3O7S. The molecule has 2 aliphatic heterocycles. The molecule has 1 N–H and O–H groups in total. The summed E-state index contributed by atoms with van der Waals surface area (Å²) in [4.78, 5) is 27.9. The Morgan fingerprint density at radius 3 is 2.62 bits per heavy atom. The number of sulfonamides is 1. The van der Waals surface area contributed by atoms with Crippen molar-refractivity contribution in [2.45, 2.75) is 50.2 Å². The molecule has 0 saturated carbocycles.